The van der Waals surface area contributed by atoms with Gasteiger partial charge in [0.05, 0.1) is 11.9 Å². The van der Waals surface area contributed by atoms with E-state index in [0.29, 0.717) is 5.41 Å². The number of nitrogens with one attached hydrogen (secondary N) is 2. The highest BCUT2D eigenvalue weighted by Crippen LogP contribution is 2.41. The number of hydrogen-bond acceptors (Lipinski definition) is 3. The molecule has 1 saturated carbocycles. The molecule has 1 aliphatic carbocycles. The number of para-hydroxylation sites is 1. The number of aromatic nitrogens is 2. The SMILES string of the molecule is CCNC(=NCC1(CCOC)CCCC1)NCCc1cnn(-c2ccccc2)c1.I. The maximum atomic E-state index is 5.34. The molecule has 3 rings (SSSR count). The van der Waals surface area contributed by atoms with Crippen LogP contribution in [-0.2, 0) is 11.2 Å². The fourth-order valence-electron chi connectivity index (χ4n) is 4.06. The molecule has 0 aliphatic heterocycles. The molecule has 30 heavy (non-hydrogen) atoms. The molecule has 2 N–H and O–H groups in total. The van der Waals surface area contributed by atoms with Gasteiger partial charge < -0.3 is 15.4 Å². The van der Waals surface area contributed by atoms with E-state index >= 15 is 0 Å². The molecular formula is C23H36IN5O. The van der Waals surface area contributed by atoms with Gasteiger partial charge in [-0.3, -0.25) is 4.99 Å². The summed E-state index contributed by atoms with van der Waals surface area (Å²) in [5.41, 5.74) is 2.61. The Morgan fingerprint density at radius 3 is 2.67 bits per heavy atom. The number of benzene rings is 1. The Bertz CT molecular complexity index is 756. The van der Waals surface area contributed by atoms with Crippen molar-refractivity contribution < 1.29 is 4.74 Å². The van der Waals surface area contributed by atoms with Gasteiger partial charge in [-0.25, -0.2) is 4.68 Å². The number of aliphatic imine (C=N–C) groups is 1. The van der Waals surface area contributed by atoms with Gasteiger partial charge in [-0.05, 0) is 55.7 Å². The lowest BCUT2D eigenvalue weighted by atomic mass is 9.83. The summed E-state index contributed by atoms with van der Waals surface area (Å²) in [5, 5.41) is 11.3. The van der Waals surface area contributed by atoms with Crippen LogP contribution in [0.3, 0.4) is 0 Å². The van der Waals surface area contributed by atoms with E-state index < -0.39 is 0 Å². The molecule has 2 aromatic rings. The van der Waals surface area contributed by atoms with Crippen molar-refractivity contribution in [2.24, 2.45) is 10.4 Å². The summed E-state index contributed by atoms with van der Waals surface area (Å²) in [7, 11) is 1.79. The topological polar surface area (TPSA) is 63.5 Å². The van der Waals surface area contributed by atoms with Crippen molar-refractivity contribution in [3.8, 4) is 5.69 Å². The lowest BCUT2D eigenvalue weighted by Gasteiger charge is -2.27. The third-order valence-corrected chi connectivity index (χ3v) is 5.78. The van der Waals surface area contributed by atoms with E-state index in [9.17, 15) is 0 Å². The Hall–Kier alpha value is -1.61. The molecule has 0 atom stereocenters. The van der Waals surface area contributed by atoms with Crippen molar-refractivity contribution >= 4 is 29.9 Å². The highest BCUT2D eigenvalue weighted by atomic mass is 127. The van der Waals surface area contributed by atoms with E-state index in [-0.39, 0.29) is 24.0 Å². The smallest absolute Gasteiger partial charge is 0.191 e. The number of guanidine groups is 1. The predicted molar refractivity (Wildman–Crippen MR) is 134 cm³/mol. The normalized spacial score (nSPS) is 15.6. The highest BCUT2D eigenvalue weighted by molar-refractivity contribution is 14.0. The maximum absolute atomic E-state index is 5.34. The van der Waals surface area contributed by atoms with Crippen molar-refractivity contribution in [2.75, 3.05) is 33.4 Å². The van der Waals surface area contributed by atoms with E-state index in [2.05, 4.69) is 41.0 Å². The average Bonchev–Trinajstić information content (AvgIpc) is 3.42. The van der Waals surface area contributed by atoms with Crippen LogP contribution >= 0.6 is 24.0 Å². The lowest BCUT2D eigenvalue weighted by Crippen LogP contribution is -2.39. The summed E-state index contributed by atoms with van der Waals surface area (Å²) in [6.45, 7) is 5.50. The van der Waals surface area contributed by atoms with Crippen molar-refractivity contribution in [3.05, 3.63) is 48.3 Å². The number of nitrogens with zero attached hydrogens (tertiary/aromatic N) is 3. The zero-order valence-corrected chi connectivity index (χ0v) is 20.6. The molecule has 1 aromatic carbocycles. The Kier molecular flexibility index (Phi) is 10.6. The monoisotopic (exact) mass is 525 g/mol. The second kappa shape index (κ2) is 12.9. The van der Waals surface area contributed by atoms with Crippen LogP contribution < -0.4 is 10.6 Å². The van der Waals surface area contributed by atoms with Gasteiger partial charge in [0.1, 0.15) is 0 Å². The van der Waals surface area contributed by atoms with Crippen LogP contribution in [0, 0.1) is 5.41 Å². The third kappa shape index (κ3) is 7.27. The van der Waals surface area contributed by atoms with E-state index in [4.69, 9.17) is 9.73 Å². The van der Waals surface area contributed by atoms with Crippen LogP contribution in [0.5, 0.6) is 0 Å². The molecule has 0 spiro atoms. The first-order valence-electron chi connectivity index (χ1n) is 10.8. The Morgan fingerprint density at radius 1 is 1.20 bits per heavy atom. The summed E-state index contributed by atoms with van der Waals surface area (Å²) < 4.78 is 7.27. The molecule has 1 aromatic heterocycles. The quantitative estimate of drug-likeness (QED) is 0.278. The standard InChI is InChI=1S/C23H35N5O.HI/c1-3-24-22(26-19-23(14-16-29-2)12-7-8-13-23)25-15-11-20-17-27-28(18-20)21-9-5-4-6-10-21;/h4-6,9-10,17-18H,3,7-8,11-16,19H2,1-2H3,(H2,24,25,26);1H. The number of rotatable bonds is 10. The van der Waals surface area contributed by atoms with E-state index in [1.54, 1.807) is 7.11 Å². The van der Waals surface area contributed by atoms with Gasteiger partial charge in [-0.1, -0.05) is 31.0 Å². The van der Waals surface area contributed by atoms with Gasteiger partial charge in [-0.2, -0.15) is 5.10 Å². The lowest BCUT2D eigenvalue weighted by molar-refractivity contribution is 0.141. The van der Waals surface area contributed by atoms with Gasteiger partial charge >= 0.3 is 0 Å². The molecular weight excluding hydrogens is 489 g/mol. The Balaban J connectivity index is 0.00000320. The molecule has 6 nitrogen and oxygen atoms in total. The Labute approximate surface area is 197 Å². The molecule has 7 heteroatoms. The number of methoxy groups -OCH3 is 1. The van der Waals surface area contributed by atoms with Gasteiger partial charge in [0, 0.05) is 39.5 Å². The molecule has 1 heterocycles. The van der Waals surface area contributed by atoms with Crippen LogP contribution in [0.25, 0.3) is 5.69 Å². The molecule has 0 radical (unpaired) electrons. The summed E-state index contributed by atoms with van der Waals surface area (Å²) >= 11 is 0. The molecule has 166 valence electrons. The van der Waals surface area contributed by atoms with Crippen molar-refractivity contribution in [1.82, 2.24) is 20.4 Å². The van der Waals surface area contributed by atoms with Crippen molar-refractivity contribution in [3.63, 3.8) is 0 Å². The molecule has 0 unspecified atom stereocenters. The summed E-state index contributed by atoms with van der Waals surface area (Å²) in [4.78, 5) is 4.92. The van der Waals surface area contributed by atoms with Crippen LogP contribution in [0.1, 0.15) is 44.6 Å². The summed E-state index contributed by atoms with van der Waals surface area (Å²) in [5.74, 6) is 0.909. The van der Waals surface area contributed by atoms with Gasteiger partial charge in [0.2, 0.25) is 0 Å². The van der Waals surface area contributed by atoms with Crippen LogP contribution in [-0.4, -0.2) is 49.1 Å². The van der Waals surface area contributed by atoms with E-state index in [0.717, 1.165) is 50.7 Å². The average molecular weight is 525 g/mol. The predicted octanol–water partition coefficient (Wildman–Crippen LogP) is 4.18. The van der Waals surface area contributed by atoms with Gasteiger partial charge in [0.25, 0.3) is 0 Å². The highest BCUT2D eigenvalue weighted by Gasteiger charge is 2.33. The molecule has 1 fully saturated rings. The zero-order chi connectivity index (χ0) is 20.4. The van der Waals surface area contributed by atoms with Crippen molar-refractivity contribution in [2.45, 2.75) is 45.4 Å². The summed E-state index contributed by atoms with van der Waals surface area (Å²) in [6, 6.07) is 10.2. The molecule has 0 bridgehead atoms. The van der Waals surface area contributed by atoms with Gasteiger partial charge in [-0.15, -0.1) is 24.0 Å². The maximum Gasteiger partial charge on any atom is 0.191 e. The third-order valence-electron chi connectivity index (χ3n) is 5.78. The van der Waals surface area contributed by atoms with Crippen molar-refractivity contribution in [1.29, 1.82) is 0 Å². The first-order chi connectivity index (χ1) is 14.2. The largest absolute Gasteiger partial charge is 0.385 e. The molecule has 0 amide bonds. The number of halogens is 1. The minimum Gasteiger partial charge on any atom is -0.385 e. The molecule has 0 saturated heterocycles. The first kappa shape index (κ1) is 24.7. The van der Waals surface area contributed by atoms with E-state index in [1.165, 1.54) is 31.2 Å². The fraction of sp³-hybridized carbons (Fsp3) is 0.565. The van der Waals surface area contributed by atoms with Crippen LogP contribution in [0.4, 0.5) is 0 Å². The number of hydrogen-bond donors (Lipinski definition) is 2. The zero-order valence-electron chi connectivity index (χ0n) is 18.3. The second-order valence-electron chi connectivity index (χ2n) is 7.95. The number of ether oxygens (including phenoxy) is 1. The van der Waals surface area contributed by atoms with Gasteiger partial charge in [0.15, 0.2) is 5.96 Å². The van der Waals surface area contributed by atoms with E-state index in [1.807, 2.05) is 29.1 Å². The Morgan fingerprint density at radius 2 is 1.97 bits per heavy atom. The fourth-order valence-corrected chi connectivity index (χ4v) is 4.06. The van der Waals surface area contributed by atoms with Crippen LogP contribution in [0.2, 0.25) is 0 Å². The molecule has 1 aliphatic rings. The van der Waals surface area contributed by atoms with Crippen LogP contribution in [0.15, 0.2) is 47.7 Å². The second-order valence-corrected chi connectivity index (χ2v) is 7.95. The summed E-state index contributed by atoms with van der Waals surface area (Å²) in [6.07, 6.45) is 11.2. The minimum atomic E-state index is 0. The first-order valence-corrected chi connectivity index (χ1v) is 10.8. The minimum absolute atomic E-state index is 0.